The van der Waals surface area contributed by atoms with Crippen LogP contribution in [0.25, 0.3) is 5.69 Å². The van der Waals surface area contributed by atoms with E-state index in [1.165, 1.54) is 0 Å². The smallest absolute Gasteiger partial charge is 0.364 e. The molecule has 208 valence electrons. The van der Waals surface area contributed by atoms with E-state index in [9.17, 15) is 14.4 Å². The van der Waals surface area contributed by atoms with Gasteiger partial charge in [-0.25, -0.2) is 9.59 Å². The van der Waals surface area contributed by atoms with E-state index < -0.39 is 22.9 Å². The van der Waals surface area contributed by atoms with E-state index in [1.54, 1.807) is 37.4 Å². The number of aromatic amines is 1. The highest BCUT2D eigenvalue weighted by Crippen LogP contribution is 2.34. The number of rotatable bonds is 10. The predicted octanol–water partition coefficient (Wildman–Crippen LogP) is 4.78. The normalized spacial score (nSPS) is 10.7. The second-order valence-corrected chi connectivity index (χ2v) is 9.73. The zero-order chi connectivity index (χ0) is 28.8. The number of nitrogens with zero attached hydrogens (tertiary/aromatic N) is 3. The fourth-order valence-corrected chi connectivity index (χ4v) is 4.69. The number of esters is 1. The molecule has 1 N–H and O–H groups in total. The van der Waals surface area contributed by atoms with Crippen molar-refractivity contribution < 1.29 is 19.0 Å². The maximum atomic E-state index is 12.8. The zero-order valence-corrected chi connectivity index (χ0v) is 24.1. The average Bonchev–Trinajstić information content (AvgIpc) is 2.93. The van der Waals surface area contributed by atoms with Crippen LogP contribution < -0.4 is 25.6 Å². The number of benzene rings is 3. The Morgan fingerprint density at radius 2 is 1.75 bits per heavy atom. The minimum atomic E-state index is -0.919. The molecule has 1 aromatic heterocycles. The highest BCUT2D eigenvalue weighted by Gasteiger charge is 2.19. The monoisotopic (exact) mass is 608 g/mol. The van der Waals surface area contributed by atoms with Crippen molar-refractivity contribution in [1.29, 1.82) is 0 Å². The molecule has 11 heteroatoms. The van der Waals surface area contributed by atoms with Crippen LogP contribution in [0.3, 0.4) is 0 Å². The minimum Gasteiger partial charge on any atom is -0.496 e. The van der Waals surface area contributed by atoms with Crippen molar-refractivity contribution in [3.8, 4) is 22.9 Å². The van der Waals surface area contributed by atoms with Gasteiger partial charge in [-0.1, -0.05) is 18.2 Å². The van der Waals surface area contributed by atoms with Gasteiger partial charge in [0.05, 0.1) is 23.8 Å². The highest BCUT2D eigenvalue weighted by molar-refractivity contribution is 9.10. The number of likely N-dealkylation sites (N-methyl/N-ethyl adjacent to an activating group) is 1. The molecule has 1 heterocycles. The van der Waals surface area contributed by atoms with Crippen molar-refractivity contribution in [2.75, 3.05) is 31.7 Å². The molecule has 0 bridgehead atoms. The number of aryl methyl sites for hydroxylation is 2. The number of hydrogen-bond acceptors (Lipinski definition) is 8. The molecule has 0 aliphatic carbocycles. The van der Waals surface area contributed by atoms with Crippen LogP contribution in [-0.4, -0.2) is 47.5 Å². The van der Waals surface area contributed by atoms with Crippen LogP contribution >= 0.6 is 15.9 Å². The quantitative estimate of drug-likeness (QED) is 0.256. The molecule has 4 aromatic rings. The largest absolute Gasteiger partial charge is 0.496 e. The van der Waals surface area contributed by atoms with E-state index in [4.69, 9.17) is 14.2 Å². The molecule has 0 fully saturated rings. The fourth-order valence-electron chi connectivity index (χ4n) is 4.17. The van der Waals surface area contributed by atoms with Gasteiger partial charge in [0, 0.05) is 12.2 Å². The lowest BCUT2D eigenvalue weighted by Crippen LogP contribution is -2.37. The Hall–Kier alpha value is -4.38. The van der Waals surface area contributed by atoms with Crippen molar-refractivity contribution in [1.82, 2.24) is 14.8 Å². The minimum absolute atomic E-state index is 0.0353. The van der Waals surface area contributed by atoms with Crippen molar-refractivity contribution in [3.05, 3.63) is 103 Å². The second kappa shape index (κ2) is 12.6. The summed E-state index contributed by atoms with van der Waals surface area (Å²) >= 11 is 3.45. The lowest BCUT2D eigenvalue weighted by molar-refractivity contribution is 0.0503. The summed E-state index contributed by atoms with van der Waals surface area (Å²) < 4.78 is 18.4. The lowest BCUT2D eigenvalue weighted by atomic mass is 10.1. The third-order valence-corrected chi connectivity index (χ3v) is 6.77. The molecule has 0 saturated carbocycles. The van der Waals surface area contributed by atoms with Gasteiger partial charge in [-0.15, -0.1) is 0 Å². The Morgan fingerprint density at radius 1 is 1.05 bits per heavy atom. The van der Waals surface area contributed by atoms with Crippen LogP contribution in [0.1, 0.15) is 28.5 Å². The van der Waals surface area contributed by atoms with Crippen LogP contribution in [0.2, 0.25) is 0 Å². The second-order valence-electron chi connectivity index (χ2n) is 8.88. The number of methoxy groups -OCH3 is 1. The molecule has 3 aromatic carbocycles. The molecule has 0 atom stereocenters. The molecule has 0 aliphatic heterocycles. The Morgan fingerprint density at radius 3 is 2.38 bits per heavy atom. The van der Waals surface area contributed by atoms with E-state index in [-0.39, 0.29) is 6.61 Å². The van der Waals surface area contributed by atoms with Crippen LogP contribution in [0.15, 0.2) is 74.7 Å². The number of hydrogen-bond donors (Lipinski definition) is 1. The maximum absolute atomic E-state index is 12.8. The van der Waals surface area contributed by atoms with Crippen LogP contribution in [0, 0.1) is 13.8 Å². The third-order valence-electron chi connectivity index (χ3n) is 6.15. The summed E-state index contributed by atoms with van der Waals surface area (Å²) in [4.78, 5) is 42.0. The standard InChI is InChI=1S/C29H29BrN4O6/c1-5-33(20-9-7-6-8-10-20)13-14-39-28(36)25-27(35)31-29(37)34(32-25)21-15-18(2)26(19(3)16-21)40-22-11-12-24(38-4)23(30)17-22/h6-12,15-17H,5,13-14H2,1-4H3,(H,31,35,37). The number of ether oxygens (including phenoxy) is 3. The lowest BCUT2D eigenvalue weighted by Gasteiger charge is -2.22. The summed E-state index contributed by atoms with van der Waals surface area (Å²) in [5, 5.41) is 4.06. The SMILES string of the molecule is CCN(CCOC(=O)c1nn(-c2cc(C)c(Oc3ccc(OC)c(Br)c3)c(C)c2)c(=O)[nH]c1=O)c1ccccc1. The summed E-state index contributed by atoms with van der Waals surface area (Å²) in [7, 11) is 1.58. The summed E-state index contributed by atoms with van der Waals surface area (Å²) in [6, 6.07) is 18.4. The van der Waals surface area contributed by atoms with Gasteiger partial charge >= 0.3 is 11.7 Å². The first-order valence-electron chi connectivity index (χ1n) is 12.6. The zero-order valence-electron chi connectivity index (χ0n) is 22.6. The molecular formula is C29H29BrN4O6. The van der Waals surface area contributed by atoms with Gasteiger partial charge in [-0.3, -0.25) is 9.78 Å². The Kier molecular flexibility index (Phi) is 9.05. The summed E-state index contributed by atoms with van der Waals surface area (Å²) in [5.74, 6) is 0.937. The van der Waals surface area contributed by atoms with E-state index in [1.807, 2.05) is 56.0 Å². The number of carbonyl (C=O) groups is 1. The predicted molar refractivity (Wildman–Crippen MR) is 155 cm³/mol. The van der Waals surface area contributed by atoms with Crippen LogP contribution in [0.5, 0.6) is 17.2 Å². The highest BCUT2D eigenvalue weighted by atomic mass is 79.9. The summed E-state index contributed by atoms with van der Waals surface area (Å²) in [6.45, 7) is 6.81. The van der Waals surface area contributed by atoms with Gasteiger partial charge in [-0.2, -0.15) is 9.78 Å². The Bertz CT molecular complexity index is 1610. The topological polar surface area (TPSA) is 116 Å². The first-order chi connectivity index (χ1) is 19.2. The third kappa shape index (κ3) is 6.42. The van der Waals surface area contributed by atoms with Crippen LogP contribution in [0.4, 0.5) is 5.69 Å². The number of para-hydroxylation sites is 1. The van der Waals surface area contributed by atoms with Gasteiger partial charge in [0.1, 0.15) is 23.9 Å². The Balaban J connectivity index is 1.54. The number of aromatic nitrogens is 3. The van der Waals surface area contributed by atoms with Crippen molar-refractivity contribution >= 4 is 27.6 Å². The van der Waals surface area contributed by atoms with E-state index in [2.05, 4.69) is 26.0 Å². The number of carbonyl (C=O) groups excluding carboxylic acids is 1. The summed E-state index contributed by atoms with van der Waals surface area (Å²) in [6.07, 6.45) is 0. The van der Waals surface area contributed by atoms with E-state index in [0.29, 0.717) is 47.2 Å². The molecule has 0 radical (unpaired) electrons. The summed E-state index contributed by atoms with van der Waals surface area (Å²) in [5.41, 5.74) is 0.562. The van der Waals surface area contributed by atoms with Crippen LogP contribution in [-0.2, 0) is 4.74 Å². The van der Waals surface area contributed by atoms with Crippen molar-refractivity contribution in [2.24, 2.45) is 0 Å². The molecule has 0 amide bonds. The van der Waals surface area contributed by atoms with Gasteiger partial charge in [0.25, 0.3) is 5.56 Å². The maximum Gasteiger partial charge on any atom is 0.364 e. The first-order valence-corrected chi connectivity index (χ1v) is 13.3. The van der Waals surface area contributed by atoms with Gasteiger partial charge in [0.2, 0.25) is 5.69 Å². The molecule has 4 rings (SSSR count). The van der Waals surface area contributed by atoms with Gasteiger partial charge in [0.15, 0.2) is 0 Å². The molecule has 40 heavy (non-hydrogen) atoms. The average molecular weight is 609 g/mol. The molecule has 0 unspecified atom stereocenters. The molecule has 0 spiro atoms. The first kappa shape index (κ1) is 28.6. The molecular weight excluding hydrogens is 580 g/mol. The molecule has 0 aliphatic rings. The van der Waals surface area contributed by atoms with E-state index >= 15 is 0 Å². The molecule has 10 nitrogen and oxygen atoms in total. The fraction of sp³-hybridized carbons (Fsp3) is 0.241. The number of nitrogens with one attached hydrogen (secondary N) is 1. The van der Waals surface area contributed by atoms with E-state index in [0.717, 1.165) is 14.8 Å². The Labute approximate surface area is 239 Å². The van der Waals surface area contributed by atoms with Crippen molar-refractivity contribution in [3.63, 3.8) is 0 Å². The van der Waals surface area contributed by atoms with Gasteiger partial charge < -0.3 is 19.1 Å². The number of H-pyrrole nitrogens is 1. The molecule has 0 saturated heterocycles. The number of anilines is 1. The van der Waals surface area contributed by atoms with Crippen molar-refractivity contribution in [2.45, 2.75) is 20.8 Å². The van der Waals surface area contributed by atoms with Gasteiger partial charge in [-0.05, 0) is 90.3 Å². The number of halogens is 1.